The number of anilines is 1. The highest BCUT2D eigenvalue weighted by Gasteiger charge is 2.18. The molecular weight excluding hydrogens is 228 g/mol. The first kappa shape index (κ1) is 14.0. The van der Waals surface area contributed by atoms with Gasteiger partial charge in [-0.25, -0.2) is 0 Å². The minimum atomic E-state index is -0.843. The third-order valence-electron chi connectivity index (χ3n) is 2.93. The Bertz CT molecular complexity index is 457. The van der Waals surface area contributed by atoms with Gasteiger partial charge >= 0.3 is 5.97 Å². The van der Waals surface area contributed by atoms with E-state index < -0.39 is 11.9 Å². The van der Waals surface area contributed by atoms with E-state index in [9.17, 15) is 4.79 Å². The highest BCUT2D eigenvalue weighted by atomic mass is 16.4. The van der Waals surface area contributed by atoms with Gasteiger partial charge in [0.15, 0.2) is 0 Å². The molecule has 0 heterocycles. The zero-order valence-corrected chi connectivity index (χ0v) is 11.0. The topological polar surface area (TPSA) is 64.3 Å². The van der Waals surface area contributed by atoms with Crippen LogP contribution >= 0.6 is 0 Å². The third kappa shape index (κ3) is 3.24. The van der Waals surface area contributed by atoms with Gasteiger partial charge in [-0.15, -0.1) is 0 Å². The van der Waals surface area contributed by atoms with Crippen LogP contribution in [0.25, 0.3) is 0 Å². The van der Waals surface area contributed by atoms with Crippen molar-refractivity contribution < 1.29 is 9.90 Å². The Morgan fingerprint density at radius 1 is 1.44 bits per heavy atom. The van der Waals surface area contributed by atoms with Crippen molar-refractivity contribution in [2.24, 2.45) is 5.92 Å². The lowest BCUT2D eigenvalue weighted by Gasteiger charge is -2.27. The largest absolute Gasteiger partial charge is 0.481 e. The minimum absolute atomic E-state index is 0.198. The first-order valence-electron chi connectivity index (χ1n) is 5.88. The molecule has 0 amide bonds. The maximum atomic E-state index is 10.9. The molecule has 0 saturated carbocycles. The number of rotatable bonds is 5. The first-order valence-corrected chi connectivity index (χ1v) is 5.88. The number of nitriles is 1. The number of aryl methyl sites for hydroxylation is 2. The van der Waals surface area contributed by atoms with Crippen LogP contribution in [0, 0.1) is 31.1 Å². The van der Waals surface area contributed by atoms with Crippen LogP contribution in [0.2, 0.25) is 0 Å². The highest BCUT2D eigenvalue weighted by Crippen LogP contribution is 2.25. The highest BCUT2D eigenvalue weighted by molar-refractivity contribution is 5.71. The summed E-state index contributed by atoms with van der Waals surface area (Å²) in [7, 11) is 0. The molecule has 0 bridgehead atoms. The van der Waals surface area contributed by atoms with E-state index in [2.05, 4.69) is 6.07 Å². The van der Waals surface area contributed by atoms with Crippen LogP contribution in [0.1, 0.15) is 18.1 Å². The predicted octanol–water partition coefficient (Wildman–Crippen LogP) is 2.35. The number of carboxylic acids is 1. The van der Waals surface area contributed by atoms with Gasteiger partial charge in [0.2, 0.25) is 0 Å². The lowest BCUT2D eigenvalue weighted by Crippen LogP contribution is -2.33. The van der Waals surface area contributed by atoms with Gasteiger partial charge in [-0.05, 0) is 25.0 Å². The second kappa shape index (κ2) is 6.06. The number of carbonyl (C=O) groups is 1. The third-order valence-corrected chi connectivity index (χ3v) is 2.93. The van der Waals surface area contributed by atoms with Crippen molar-refractivity contribution >= 4 is 11.7 Å². The molecule has 1 N–H and O–H groups in total. The fourth-order valence-corrected chi connectivity index (χ4v) is 2.03. The summed E-state index contributed by atoms with van der Waals surface area (Å²) in [6.07, 6.45) is 0. The Morgan fingerprint density at radius 2 is 2.00 bits per heavy atom. The van der Waals surface area contributed by atoms with Gasteiger partial charge in [-0.1, -0.05) is 25.1 Å². The van der Waals surface area contributed by atoms with Gasteiger partial charge in [0.05, 0.1) is 12.0 Å². The Labute approximate surface area is 107 Å². The number of para-hydroxylation sites is 1. The SMILES string of the molecule is Cc1cccc(C)c1N(CC#N)CC(C)C(=O)O. The van der Waals surface area contributed by atoms with E-state index in [4.69, 9.17) is 10.4 Å². The van der Waals surface area contributed by atoms with Crippen LogP contribution < -0.4 is 4.90 Å². The molecule has 0 aromatic heterocycles. The summed E-state index contributed by atoms with van der Waals surface area (Å²) in [5, 5.41) is 17.9. The average Bonchev–Trinajstić information content (AvgIpc) is 2.28. The Morgan fingerprint density at radius 3 is 2.44 bits per heavy atom. The molecule has 0 aliphatic carbocycles. The molecular formula is C14H18N2O2. The van der Waals surface area contributed by atoms with Crippen LogP contribution in [0.5, 0.6) is 0 Å². The van der Waals surface area contributed by atoms with E-state index in [0.29, 0.717) is 6.54 Å². The second-order valence-corrected chi connectivity index (χ2v) is 4.52. The molecule has 1 rings (SSSR count). The zero-order valence-electron chi connectivity index (χ0n) is 11.0. The predicted molar refractivity (Wildman–Crippen MR) is 70.5 cm³/mol. The molecule has 0 aliphatic heterocycles. The Hall–Kier alpha value is -2.02. The molecule has 18 heavy (non-hydrogen) atoms. The summed E-state index contributed by atoms with van der Waals surface area (Å²) in [5.74, 6) is -1.35. The molecule has 0 saturated heterocycles. The van der Waals surface area contributed by atoms with Crippen molar-refractivity contribution in [3.63, 3.8) is 0 Å². The fourth-order valence-electron chi connectivity index (χ4n) is 2.03. The van der Waals surface area contributed by atoms with Crippen LogP contribution in [-0.4, -0.2) is 24.2 Å². The summed E-state index contributed by atoms with van der Waals surface area (Å²) in [6, 6.07) is 8.00. The molecule has 1 atom stereocenters. The zero-order chi connectivity index (χ0) is 13.7. The van der Waals surface area contributed by atoms with Gasteiger partial charge < -0.3 is 10.0 Å². The molecule has 0 spiro atoms. The fraction of sp³-hybridized carbons (Fsp3) is 0.429. The average molecular weight is 246 g/mol. The maximum absolute atomic E-state index is 10.9. The van der Waals surface area contributed by atoms with Gasteiger partial charge in [0.1, 0.15) is 6.54 Å². The molecule has 0 fully saturated rings. The number of benzene rings is 1. The summed E-state index contributed by atoms with van der Waals surface area (Å²) >= 11 is 0. The first-order chi connectivity index (χ1) is 8.47. The standard InChI is InChI=1S/C14H18N2O2/c1-10-5-4-6-11(2)13(10)16(8-7-15)9-12(3)14(17)18/h4-6,12H,8-9H2,1-3H3,(H,17,18). The van der Waals surface area contributed by atoms with Gasteiger partial charge in [-0.2, -0.15) is 5.26 Å². The number of nitrogens with zero attached hydrogens (tertiary/aromatic N) is 2. The summed E-state index contributed by atoms with van der Waals surface area (Å²) in [6.45, 7) is 6.13. The summed E-state index contributed by atoms with van der Waals surface area (Å²) < 4.78 is 0. The number of hydrogen-bond donors (Lipinski definition) is 1. The van der Waals surface area contributed by atoms with Crippen LogP contribution in [0.4, 0.5) is 5.69 Å². The van der Waals surface area contributed by atoms with Crippen molar-refractivity contribution in [2.45, 2.75) is 20.8 Å². The van der Waals surface area contributed by atoms with Gasteiger partial charge in [-0.3, -0.25) is 4.79 Å². The minimum Gasteiger partial charge on any atom is -0.481 e. The second-order valence-electron chi connectivity index (χ2n) is 4.52. The molecule has 1 unspecified atom stereocenters. The number of carboxylic acid groups (broad SMARTS) is 1. The molecule has 1 aromatic rings. The van der Waals surface area contributed by atoms with Crippen molar-refractivity contribution in [1.29, 1.82) is 5.26 Å². The van der Waals surface area contributed by atoms with Crippen molar-refractivity contribution in [1.82, 2.24) is 0 Å². The molecule has 4 nitrogen and oxygen atoms in total. The number of hydrogen-bond acceptors (Lipinski definition) is 3. The van der Waals surface area contributed by atoms with E-state index in [0.717, 1.165) is 16.8 Å². The molecule has 0 radical (unpaired) electrons. The normalized spacial score (nSPS) is 11.7. The van der Waals surface area contributed by atoms with Crippen LogP contribution in [-0.2, 0) is 4.79 Å². The van der Waals surface area contributed by atoms with Crippen molar-refractivity contribution in [2.75, 3.05) is 18.0 Å². The van der Waals surface area contributed by atoms with E-state index >= 15 is 0 Å². The summed E-state index contributed by atoms with van der Waals surface area (Å²) in [4.78, 5) is 12.8. The van der Waals surface area contributed by atoms with Crippen LogP contribution in [0.15, 0.2) is 18.2 Å². The van der Waals surface area contributed by atoms with Gasteiger partial charge in [0.25, 0.3) is 0 Å². The molecule has 4 heteroatoms. The van der Waals surface area contributed by atoms with E-state index in [1.54, 1.807) is 6.92 Å². The van der Waals surface area contributed by atoms with Crippen LogP contribution in [0.3, 0.4) is 0 Å². The summed E-state index contributed by atoms with van der Waals surface area (Å²) in [5.41, 5.74) is 3.08. The molecule has 1 aromatic carbocycles. The quantitative estimate of drug-likeness (QED) is 0.810. The monoisotopic (exact) mass is 246 g/mol. The van der Waals surface area contributed by atoms with Gasteiger partial charge in [0, 0.05) is 12.2 Å². The van der Waals surface area contributed by atoms with E-state index in [1.807, 2.05) is 36.9 Å². The number of aliphatic carboxylic acids is 1. The lowest BCUT2D eigenvalue weighted by atomic mass is 10.1. The Kier molecular flexibility index (Phi) is 4.73. The molecule has 96 valence electrons. The lowest BCUT2D eigenvalue weighted by molar-refractivity contribution is -0.140. The van der Waals surface area contributed by atoms with E-state index in [-0.39, 0.29) is 6.54 Å². The smallest absolute Gasteiger partial charge is 0.308 e. The van der Waals surface area contributed by atoms with Crippen molar-refractivity contribution in [3.8, 4) is 6.07 Å². The molecule has 0 aliphatic rings. The van der Waals surface area contributed by atoms with E-state index in [1.165, 1.54) is 0 Å². The maximum Gasteiger partial charge on any atom is 0.308 e. The Balaban J connectivity index is 3.05. The van der Waals surface area contributed by atoms with Crippen molar-refractivity contribution in [3.05, 3.63) is 29.3 Å².